The summed E-state index contributed by atoms with van der Waals surface area (Å²) in [5, 5.41) is 8.95. The zero-order valence-electron chi connectivity index (χ0n) is 10.5. The van der Waals surface area contributed by atoms with Crippen molar-refractivity contribution in [1.82, 2.24) is 0 Å². The topological polar surface area (TPSA) is 20.2 Å². The van der Waals surface area contributed by atoms with Gasteiger partial charge >= 0.3 is 0 Å². The van der Waals surface area contributed by atoms with Gasteiger partial charge in [0, 0.05) is 12.5 Å². The Hall–Kier alpha value is 0.650. The van der Waals surface area contributed by atoms with Crippen LogP contribution in [0.2, 0.25) is 0 Å². The van der Waals surface area contributed by atoms with Crippen molar-refractivity contribution in [3.8, 4) is 0 Å². The fourth-order valence-electron chi connectivity index (χ4n) is 3.92. The van der Waals surface area contributed by atoms with Crippen molar-refractivity contribution in [3.05, 3.63) is 0 Å². The van der Waals surface area contributed by atoms with Crippen LogP contribution in [0, 0.1) is 5.92 Å². The van der Waals surface area contributed by atoms with E-state index in [-0.39, 0.29) is 24.0 Å². The summed E-state index contributed by atoms with van der Waals surface area (Å²) >= 11 is 0. The van der Waals surface area contributed by atoms with E-state index >= 15 is 0 Å². The highest BCUT2D eigenvalue weighted by atomic mass is 127. The first-order chi connectivity index (χ1) is 7.26. The van der Waals surface area contributed by atoms with Crippen LogP contribution in [-0.2, 0) is 0 Å². The Kier molecular flexibility index (Phi) is 6.02. The summed E-state index contributed by atoms with van der Waals surface area (Å²) in [5.74, 6) is 0.899. The monoisotopic (exact) mass is 339 g/mol. The SMILES string of the molecule is C[N+]12CCCCC1C(CCCO)CCC2.[I-]. The van der Waals surface area contributed by atoms with E-state index in [1.807, 2.05) is 0 Å². The highest BCUT2D eigenvalue weighted by Crippen LogP contribution is 2.37. The minimum Gasteiger partial charge on any atom is -1.00 e. The summed E-state index contributed by atoms with van der Waals surface area (Å²) < 4.78 is 1.34. The molecule has 2 fully saturated rings. The van der Waals surface area contributed by atoms with Crippen LogP contribution in [0.25, 0.3) is 0 Å². The second kappa shape index (κ2) is 6.55. The molecular weight excluding hydrogens is 313 g/mol. The van der Waals surface area contributed by atoms with Gasteiger partial charge in [-0.2, -0.15) is 0 Å². The lowest BCUT2D eigenvalue weighted by Crippen LogP contribution is -3.00. The maximum atomic E-state index is 8.95. The normalized spacial score (nSPS) is 38.6. The lowest BCUT2D eigenvalue weighted by molar-refractivity contribution is -0.947. The molecule has 3 unspecified atom stereocenters. The molecule has 0 spiro atoms. The van der Waals surface area contributed by atoms with Gasteiger partial charge in [-0.1, -0.05) is 0 Å². The van der Waals surface area contributed by atoms with Crippen molar-refractivity contribution < 1.29 is 33.6 Å². The minimum absolute atomic E-state index is 0. The third kappa shape index (κ3) is 3.10. The molecule has 1 N–H and O–H groups in total. The van der Waals surface area contributed by atoms with Crippen LogP contribution in [0.4, 0.5) is 0 Å². The second-order valence-corrected chi connectivity index (χ2v) is 5.76. The molecule has 2 nitrogen and oxygen atoms in total. The Morgan fingerprint density at radius 1 is 1.12 bits per heavy atom. The van der Waals surface area contributed by atoms with Gasteiger partial charge in [0.1, 0.15) is 0 Å². The molecule has 0 aromatic rings. The summed E-state index contributed by atoms with van der Waals surface area (Å²) in [6.45, 7) is 3.19. The second-order valence-electron chi connectivity index (χ2n) is 5.76. The van der Waals surface area contributed by atoms with Crippen LogP contribution in [0.15, 0.2) is 0 Å². The molecule has 0 radical (unpaired) electrons. The fraction of sp³-hybridized carbons (Fsp3) is 1.00. The van der Waals surface area contributed by atoms with Gasteiger partial charge < -0.3 is 33.6 Å². The van der Waals surface area contributed by atoms with Crippen molar-refractivity contribution >= 4 is 0 Å². The summed E-state index contributed by atoms with van der Waals surface area (Å²) in [4.78, 5) is 0. The van der Waals surface area contributed by atoms with Gasteiger partial charge in [0.15, 0.2) is 0 Å². The van der Waals surface area contributed by atoms with Crippen LogP contribution >= 0.6 is 0 Å². The van der Waals surface area contributed by atoms with Gasteiger partial charge in [0.05, 0.1) is 26.2 Å². The van der Waals surface area contributed by atoms with Gasteiger partial charge in [-0.25, -0.2) is 0 Å². The van der Waals surface area contributed by atoms with E-state index in [0.29, 0.717) is 6.61 Å². The Bertz CT molecular complexity index is 208. The molecule has 2 aliphatic heterocycles. The van der Waals surface area contributed by atoms with E-state index in [1.54, 1.807) is 0 Å². The van der Waals surface area contributed by atoms with E-state index in [0.717, 1.165) is 18.4 Å². The largest absolute Gasteiger partial charge is 1.00 e. The zero-order chi connectivity index (χ0) is 10.7. The molecular formula is C13H26INO. The molecule has 0 amide bonds. The predicted octanol–water partition coefficient (Wildman–Crippen LogP) is -0.828. The van der Waals surface area contributed by atoms with E-state index < -0.39 is 0 Å². The molecule has 0 saturated carbocycles. The van der Waals surface area contributed by atoms with Crippen molar-refractivity contribution in [2.24, 2.45) is 5.92 Å². The molecule has 0 aromatic heterocycles. The van der Waals surface area contributed by atoms with Crippen molar-refractivity contribution in [3.63, 3.8) is 0 Å². The number of aliphatic hydroxyl groups is 1. The summed E-state index contributed by atoms with van der Waals surface area (Å²) in [6.07, 6.45) is 9.40. The molecule has 96 valence electrons. The number of piperidine rings is 2. The van der Waals surface area contributed by atoms with E-state index in [9.17, 15) is 0 Å². The first-order valence-corrected chi connectivity index (χ1v) is 6.71. The maximum absolute atomic E-state index is 8.95. The number of hydrogen-bond acceptors (Lipinski definition) is 1. The van der Waals surface area contributed by atoms with Crippen LogP contribution in [0.1, 0.15) is 44.9 Å². The molecule has 0 aliphatic carbocycles. The van der Waals surface area contributed by atoms with Gasteiger partial charge in [-0.05, 0) is 44.9 Å². The Balaban J connectivity index is 0.00000128. The smallest absolute Gasteiger partial charge is 0.0916 e. The number of hydrogen-bond donors (Lipinski definition) is 1. The van der Waals surface area contributed by atoms with Crippen LogP contribution in [0.5, 0.6) is 0 Å². The van der Waals surface area contributed by atoms with Gasteiger partial charge in [-0.3, -0.25) is 0 Å². The summed E-state index contributed by atoms with van der Waals surface area (Å²) in [5.41, 5.74) is 0. The molecule has 0 aromatic carbocycles. The highest BCUT2D eigenvalue weighted by molar-refractivity contribution is 4.78. The lowest BCUT2D eigenvalue weighted by atomic mass is 9.79. The van der Waals surface area contributed by atoms with Crippen molar-refractivity contribution in [2.75, 3.05) is 26.7 Å². The number of aliphatic hydroxyl groups excluding tert-OH is 1. The standard InChI is InChI=1S/C13H26NO.HI/c1-14-9-3-2-8-13(14)12(6-4-10-14)7-5-11-15;/h12-13,15H,2-11H2,1H3;1H/q+1;/p-1. The Morgan fingerprint density at radius 3 is 2.62 bits per heavy atom. The molecule has 0 bridgehead atoms. The van der Waals surface area contributed by atoms with E-state index in [4.69, 9.17) is 5.11 Å². The fourth-order valence-corrected chi connectivity index (χ4v) is 3.92. The predicted molar refractivity (Wildman–Crippen MR) is 62.6 cm³/mol. The van der Waals surface area contributed by atoms with Crippen LogP contribution < -0.4 is 24.0 Å². The first kappa shape index (κ1) is 14.7. The third-order valence-electron chi connectivity index (χ3n) is 4.74. The summed E-state index contributed by atoms with van der Waals surface area (Å²) in [6, 6.07) is 0.916. The third-order valence-corrected chi connectivity index (χ3v) is 4.74. The average molecular weight is 339 g/mol. The Labute approximate surface area is 117 Å². The zero-order valence-corrected chi connectivity index (χ0v) is 12.7. The van der Waals surface area contributed by atoms with Gasteiger partial charge in [0.2, 0.25) is 0 Å². The molecule has 3 atom stereocenters. The molecule has 2 rings (SSSR count). The molecule has 2 aliphatic rings. The number of rotatable bonds is 3. The number of quaternary nitrogens is 1. The van der Waals surface area contributed by atoms with Crippen LogP contribution in [-0.4, -0.2) is 42.4 Å². The Morgan fingerprint density at radius 2 is 1.88 bits per heavy atom. The number of nitrogens with zero attached hydrogens (tertiary/aromatic N) is 1. The maximum Gasteiger partial charge on any atom is 0.0916 e. The highest BCUT2D eigenvalue weighted by Gasteiger charge is 2.42. The number of fused-ring (bicyclic) bond motifs is 1. The van der Waals surface area contributed by atoms with Gasteiger partial charge in [-0.15, -0.1) is 0 Å². The van der Waals surface area contributed by atoms with Crippen molar-refractivity contribution in [1.29, 1.82) is 0 Å². The number of halogens is 1. The quantitative estimate of drug-likeness (QED) is 0.526. The molecule has 3 heteroatoms. The minimum atomic E-state index is 0. The molecule has 16 heavy (non-hydrogen) atoms. The molecule has 2 heterocycles. The lowest BCUT2D eigenvalue weighted by Gasteiger charge is -2.51. The van der Waals surface area contributed by atoms with Gasteiger partial charge in [0.25, 0.3) is 0 Å². The summed E-state index contributed by atoms with van der Waals surface area (Å²) in [7, 11) is 2.47. The van der Waals surface area contributed by atoms with E-state index in [1.165, 1.54) is 56.1 Å². The van der Waals surface area contributed by atoms with E-state index in [2.05, 4.69) is 7.05 Å². The molecule has 2 saturated heterocycles. The van der Waals surface area contributed by atoms with Crippen LogP contribution in [0.3, 0.4) is 0 Å². The average Bonchev–Trinajstić information content (AvgIpc) is 2.25. The first-order valence-electron chi connectivity index (χ1n) is 6.71. The van der Waals surface area contributed by atoms with Crippen molar-refractivity contribution in [2.45, 2.75) is 51.0 Å².